The number of carbonyl (C=O) groups is 1. The van der Waals surface area contributed by atoms with E-state index in [9.17, 15) is 4.79 Å². The summed E-state index contributed by atoms with van der Waals surface area (Å²) in [5.74, 6) is -0.0363. The van der Waals surface area contributed by atoms with Gasteiger partial charge >= 0.3 is 5.97 Å². The fourth-order valence-corrected chi connectivity index (χ4v) is 1.08. The third-order valence-corrected chi connectivity index (χ3v) is 2.10. The Kier molecular flexibility index (Phi) is 6.76. The Balaban J connectivity index is 3.23. The lowest BCUT2D eigenvalue weighted by Crippen LogP contribution is -2.24. The summed E-state index contributed by atoms with van der Waals surface area (Å²) in [5.41, 5.74) is 0. The summed E-state index contributed by atoms with van der Waals surface area (Å²) in [6.07, 6.45) is 2.55. The average molecular weight is 173 g/mol. The molecule has 0 heterocycles. The molecule has 0 atom stereocenters. The molecule has 0 aromatic carbocycles. The van der Waals surface area contributed by atoms with Gasteiger partial charge in [-0.15, -0.1) is 0 Å². The van der Waals surface area contributed by atoms with Gasteiger partial charge < -0.3 is 10.4 Å². The van der Waals surface area contributed by atoms with Crippen LogP contribution in [0.3, 0.4) is 0 Å². The second-order valence-electron chi connectivity index (χ2n) is 3.03. The molecule has 0 aliphatic heterocycles. The van der Waals surface area contributed by atoms with Crippen molar-refractivity contribution in [3.63, 3.8) is 0 Å². The second kappa shape index (κ2) is 7.10. The van der Waals surface area contributed by atoms with Gasteiger partial charge in [0.1, 0.15) is 0 Å². The van der Waals surface area contributed by atoms with E-state index in [0.717, 1.165) is 19.4 Å². The lowest BCUT2D eigenvalue weighted by Gasteiger charge is -2.12. The van der Waals surface area contributed by atoms with E-state index in [-0.39, 0.29) is 6.42 Å². The Morgan fingerprint density at radius 2 is 2.00 bits per heavy atom. The molecule has 0 saturated carbocycles. The SMILES string of the molecule is CCC(CC)CNCCC(=O)O. The minimum Gasteiger partial charge on any atom is -0.481 e. The van der Waals surface area contributed by atoms with Crippen LogP contribution in [0, 0.1) is 5.92 Å². The maximum absolute atomic E-state index is 10.1. The topological polar surface area (TPSA) is 49.3 Å². The van der Waals surface area contributed by atoms with Gasteiger partial charge in [0.15, 0.2) is 0 Å². The number of nitrogens with one attached hydrogen (secondary N) is 1. The lowest BCUT2D eigenvalue weighted by atomic mass is 10.0. The van der Waals surface area contributed by atoms with Crippen molar-refractivity contribution in [2.75, 3.05) is 13.1 Å². The number of aliphatic carboxylic acids is 1. The standard InChI is InChI=1S/C9H19NO2/c1-3-8(4-2)7-10-6-5-9(11)12/h8,10H,3-7H2,1-2H3,(H,11,12). The number of hydrogen-bond donors (Lipinski definition) is 2. The Morgan fingerprint density at radius 3 is 2.42 bits per heavy atom. The van der Waals surface area contributed by atoms with E-state index in [0.29, 0.717) is 12.5 Å². The van der Waals surface area contributed by atoms with E-state index in [2.05, 4.69) is 19.2 Å². The molecule has 0 spiro atoms. The molecule has 12 heavy (non-hydrogen) atoms. The van der Waals surface area contributed by atoms with E-state index < -0.39 is 5.97 Å². The van der Waals surface area contributed by atoms with Crippen molar-refractivity contribution in [1.82, 2.24) is 5.32 Å². The first kappa shape index (κ1) is 11.4. The summed E-state index contributed by atoms with van der Waals surface area (Å²) in [6, 6.07) is 0. The molecule has 0 bridgehead atoms. The lowest BCUT2D eigenvalue weighted by molar-refractivity contribution is -0.136. The maximum Gasteiger partial charge on any atom is 0.304 e. The van der Waals surface area contributed by atoms with Crippen molar-refractivity contribution in [3.8, 4) is 0 Å². The summed E-state index contributed by atoms with van der Waals surface area (Å²) in [7, 11) is 0. The van der Waals surface area contributed by atoms with Crippen LogP contribution in [0.4, 0.5) is 0 Å². The van der Waals surface area contributed by atoms with E-state index in [1.54, 1.807) is 0 Å². The van der Waals surface area contributed by atoms with Crippen molar-refractivity contribution in [1.29, 1.82) is 0 Å². The van der Waals surface area contributed by atoms with Crippen LogP contribution in [0.5, 0.6) is 0 Å². The van der Waals surface area contributed by atoms with Gasteiger partial charge in [0, 0.05) is 6.54 Å². The molecule has 0 aliphatic carbocycles. The molecule has 0 fully saturated rings. The highest BCUT2D eigenvalue weighted by Crippen LogP contribution is 2.04. The molecule has 0 aromatic heterocycles. The van der Waals surface area contributed by atoms with Crippen molar-refractivity contribution in [2.45, 2.75) is 33.1 Å². The summed E-state index contributed by atoms with van der Waals surface area (Å²) >= 11 is 0. The summed E-state index contributed by atoms with van der Waals surface area (Å²) < 4.78 is 0. The van der Waals surface area contributed by atoms with Crippen molar-refractivity contribution in [2.24, 2.45) is 5.92 Å². The predicted octanol–water partition coefficient (Wildman–Crippen LogP) is 1.49. The van der Waals surface area contributed by atoms with Crippen molar-refractivity contribution >= 4 is 5.97 Å². The first-order valence-corrected chi connectivity index (χ1v) is 4.63. The van der Waals surface area contributed by atoms with Crippen LogP contribution in [0.15, 0.2) is 0 Å². The van der Waals surface area contributed by atoms with Gasteiger partial charge in [-0.2, -0.15) is 0 Å². The minimum absolute atomic E-state index is 0.222. The maximum atomic E-state index is 10.1. The Morgan fingerprint density at radius 1 is 1.42 bits per heavy atom. The monoisotopic (exact) mass is 173 g/mol. The first-order valence-electron chi connectivity index (χ1n) is 4.63. The molecule has 0 saturated heterocycles. The van der Waals surface area contributed by atoms with Gasteiger partial charge in [-0.25, -0.2) is 0 Å². The van der Waals surface area contributed by atoms with Gasteiger partial charge in [0.05, 0.1) is 6.42 Å². The molecule has 0 unspecified atom stereocenters. The predicted molar refractivity (Wildman–Crippen MR) is 49.2 cm³/mol. The van der Waals surface area contributed by atoms with Gasteiger partial charge in [-0.05, 0) is 12.5 Å². The number of carboxylic acid groups (broad SMARTS) is 1. The van der Waals surface area contributed by atoms with Crippen LogP contribution in [-0.2, 0) is 4.79 Å². The minimum atomic E-state index is -0.730. The highest BCUT2D eigenvalue weighted by molar-refractivity contribution is 5.66. The first-order chi connectivity index (χ1) is 5.70. The molecule has 3 nitrogen and oxygen atoms in total. The van der Waals surface area contributed by atoms with Crippen LogP contribution in [0.1, 0.15) is 33.1 Å². The Labute approximate surface area is 74.2 Å². The van der Waals surface area contributed by atoms with E-state index in [1.165, 1.54) is 0 Å². The third kappa shape index (κ3) is 6.16. The second-order valence-corrected chi connectivity index (χ2v) is 3.03. The number of hydrogen-bond acceptors (Lipinski definition) is 2. The van der Waals surface area contributed by atoms with Crippen LogP contribution >= 0.6 is 0 Å². The van der Waals surface area contributed by atoms with Gasteiger partial charge in [-0.3, -0.25) is 4.79 Å². The summed E-state index contributed by atoms with van der Waals surface area (Å²) in [6.45, 7) is 5.85. The van der Waals surface area contributed by atoms with Crippen LogP contribution in [-0.4, -0.2) is 24.2 Å². The molecule has 0 radical (unpaired) electrons. The molecule has 2 N–H and O–H groups in total. The van der Waals surface area contributed by atoms with E-state index in [1.807, 2.05) is 0 Å². The smallest absolute Gasteiger partial charge is 0.304 e. The van der Waals surface area contributed by atoms with Crippen LogP contribution in [0.2, 0.25) is 0 Å². The molecular weight excluding hydrogens is 154 g/mol. The quantitative estimate of drug-likeness (QED) is 0.573. The van der Waals surface area contributed by atoms with E-state index >= 15 is 0 Å². The molecule has 0 rings (SSSR count). The summed E-state index contributed by atoms with van der Waals surface area (Å²) in [4.78, 5) is 10.1. The largest absolute Gasteiger partial charge is 0.481 e. The number of carboxylic acids is 1. The molecule has 3 heteroatoms. The highest BCUT2D eigenvalue weighted by atomic mass is 16.4. The Bertz CT molecular complexity index is 122. The zero-order chi connectivity index (χ0) is 9.40. The normalized spacial score (nSPS) is 10.6. The van der Waals surface area contributed by atoms with Gasteiger partial charge in [0.25, 0.3) is 0 Å². The molecule has 0 amide bonds. The number of rotatable bonds is 7. The Hall–Kier alpha value is -0.570. The molecule has 72 valence electrons. The zero-order valence-corrected chi connectivity index (χ0v) is 7.97. The average Bonchev–Trinajstić information content (AvgIpc) is 2.04. The third-order valence-electron chi connectivity index (χ3n) is 2.10. The molecule has 0 aliphatic rings. The zero-order valence-electron chi connectivity index (χ0n) is 7.97. The van der Waals surface area contributed by atoms with E-state index in [4.69, 9.17) is 5.11 Å². The fraction of sp³-hybridized carbons (Fsp3) is 0.889. The van der Waals surface area contributed by atoms with Gasteiger partial charge in [0.2, 0.25) is 0 Å². The van der Waals surface area contributed by atoms with Crippen molar-refractivity contribution < 1.29 is 9.90 Å². The fourth-order valence-electron chi connectivity index (χ4n) is 1.08. The molecular formula is C9H19NO2. The van der Waals surface area contributed by atoms with Crippen LogP contribution in [0.25, 0.3) is 0 Å². The van der Waals surface area contributed by atoms with Crippen molar-refractivity contribution in [3.05, 3.63) is 0 Å². The highest BCUT2D eigenvalue weighted by Gasteiger charge is 2.02. The van der Waals surface area contributed by atoms with Crippen LogP contribution < -0.4 is 5.32 Å². The van der Waals surface area contributed by atoms with Gasteiger partial charge in [-0.1, -0.05) is 26.7 Å². The summed E-state index contributed by atoms with van der Waals surface area (Å²) in [5, 5.41) is 11.5. The molecule has 0 aromatic rings.